The van der Waals surface area contributed by atoms with E-state index < -0.39 is 5.97 Å². The molecule has 0 radical (unpaired) electrons. The molecule has 0 atom stereocenters. The van der Waals surface area contributed by atoms with E-state index in [1.807, 2.05) is 105 Å². The summed E-state index contributed by atoms with van der Waals surface area (Å²) in [6.45, 7) is 5.79. The molecular formula is C40H38O8. The third-order valence-electron chi connectivity index (χ3n) is 7.17. The zero-order valence-electron chi connectivity index (χ0n) is 27.4. The highest BCUT2D eigenvalue weighted by molar-refractivity contribution is 6.03. The maximum atomic E-state index is 13.7. The number of carbonyl (C=O) groups excluding carboxylic acids is 2. The van der Waals surface area contributed by atoms with Crippen molar-refractivity contribution in [2.75, 3.05) is 7.11 Å². The lowest BCUT2D eigenvalue weighted by Crippen LogP contribution is -2.15. The van der Waals surface area contributed by atoms with Crippen molar-refractivity contribution >= 4 is 11.8 Å². The van der Waals surface area contributed by atoms with Crippen molar-refractivity contribution in [3.63, 3.8) is 0 Å². The average Bonchev–Trinajstić information content (AvgIpc) is 3.10. The van der Waals surface area contributed by atoms with Gasteiger partial charge in [0.2, 0.25) is 5.75 Å². The van der Waals surface area contributed by atoms with E-state index >= 15 is 0 Å². The Labute approximate surface area is 280 Å². The van der Waals surface area contributed by atoms with Gasteiger partial charge in [0.25, 0.3) is 0 Å². The van der Waals surface area contributed by atoms with Crippen LogP contribution in [0.2, 0.25) is 0 Å². The summed E-state index contributed by atoms with van der Waals surface area (Å²) >= 11 is 0. The summed E-state index contributed by atoms with van der Waals surface area (Å²) in [7, 11) is 1.46. The van der Waals surface area contributed by atoms with Crippen molar-refractivity contribution in [2.45, 2.75) is 46.7 Å². The molecular weight excluding hydrogens is 608 g/mol. The Kier molecular flexibility index (Phi) is 11.3. The molecule has 0 unspecified atom stereocenters. The van der Waals surface area contributed by atoms with E-state index in [9.17, 15) is 9.59 Å². The van der Waals surface area contributed by atoms with Crippen LogP contribution in [0.15, 0.2) is 115 Å². The molecule has 0 spiro atoms. The Balaban J connectivity index is 1.48. The summed E-state index contributed by atoms with van der Waals surface area (Å²) in [5.74, 6) is 0.311. The van der Waals surface area contributed by atoms with Gasteiger partial charge in [-0.3, -0.25) is 4.79 Å². The van der Waals surface area contributed by atoms with E-state index in [0.29, 0.717) is 18.1 Å². The predicted octanol–water partition coefficient (Wildman–Crippen LogP) is 8.64. The fourth-order valence-electron chi connectivity index (χ4n) is 4.89. The van der Waals surface area contributed by atoms with Crippen LogP contribution >= 0.6 is 0 Å². The second-order valence-electron chi connectivity index (χ2n) is 11.2. The fourth-order valence-corrected chi connectivity index (χ4v) is 4.89. The van der Waals surface area contributed by atoms with E-state index in [-0.39, 0.29) is 59.2 Å². The fraction of sp³-hybridized carbons (Fsp3) is 0.200. The lowest BCUT2D eigenvalue weighted by Gasteiger charge is -2.22. The van der Waals surface area contributed by atoms with Gasteiger partial charge in [0.05, 0.1) is 18.8 Å². The van der Waals surface area contributed by atoms with Gasteiger partial charge in [-0.05, 0) is 55.7 Å². The van der Waals surface area contributed by atoms with Crippen LogP contribution in [0.1, 0.15) is 58.2 Å². The molecule has 0 heterocycles. The van der Waals surface area contributed by atoms with E-state index in [2.05, 4.69) is 0 Å². The Morgan fingerprint density at radius 1 is 0.583 bits per heavy atom. The number of hydrogen-bond donors (Lipinski definition) is 0. The van der Waals surface area contributed by atoms with E-state index in [1.165, 1.54) is 20.1 Å². The molecule has 8 heteroatoms. The van der Waals surface area contributed by atoms with Gasteiger partial charge < -0.3 is 28.4 Å². The van der Waals surface area contributed by atoms with Crippen LogP contribution in [-0.2, 0) is 19.8 Å². The topological polar surface area (TPSA) is 89.5 Å². The molecule has 0 aliphatic carbocycles. The van der Waals surface area contributed by atoms with Crippen molar-refractivity contribution in [3.05, 3.63) is 143 Å². The smallest absolute Gasteiger partial charge is 0.343 e. The number of methoxy groups -OCH3 is 1. The molecule has 5 aromatic carbocycles. The van der Waals surface area contributed by atoms with Gasteiger partial charge in [0, 0.05) is 6.07 Å². The first kappa shape index (κ1) is 33.6. The first-order valence-corrected chi connectivity index (χ1v) is 15.6. The predicted molar refractivity (Wildman–Crippen MR) is 182 cm³/mol. The summed E-state index contributed by atoms with van der Waals surface area (Å²) in [5, 5.41) is 0. The van der Waals surface area contributed by atoms with Crippen LogP contribution in [0, 0.1) is 0 Å². The zero-order chi connectivity index (χ0) is 33.9. The second kappa shape index (κ2) is 16.2. The highest BCUT2D eigenvalue weighted by atomic mass is 16.6. The number of hydrogen-bond acceptors (Lipinski definition) is 8. The van der Waals surface area contributed by atoms with Crippen LogP contribution in [0.3, 0.4) is 0 Å². The minimum atomic E-state index is -0.716. The summed E-state index contributed by atoms with van der Waals surface area (Å²) in [6.07, 6.45) is -0.322. The van der Waals surface area contributed by atoms with Gasteiger partial charge in [0.1, 0.15) is 31.1 Å². The summed E-state index contributed by atoms with van der Waals surface area (Å²) in [6, 6.07) is 35.3. The molecule has 0 bridgehead atoms. The molecule has 0 saturated heterocycles. The zero-order valence-corrected chi connectivity index (χ0v) is 27.4. The van der Waals surface area contributed by atoms with Crippen LogP contribution in [-0.4, -0.2) is 25.0 Å². The number of benzene rings is 5. The number of carbonyl (C=O) groups is 2. The van der Waals surface area contributed by atoms with Gasteiger partial charge >= 0.3 is 5.97 Å². The largest absolute Gasteiger partial charge is 0.490 e. The highest BCUT2D eigenvalue weighted by Crippen LogP contribution is 2.46. The minimum absolute atomic E-state index is 0.0248. The lowest BCUT2D eigenvalue weighted by molar-refractivity contribution is 0.0730. The second-order valence-corrected chi connectivity index (χ2v) is 11.2. The standard InChI is InChI=1S/C40H38O8/c1-27(2)47-39-37(28(3)41)35(23-36(38(39)43-4)46-26-31-18-12-7-13-19-31)48-40(42)32-20-21-33(44-24-29-14-8-5-9-15-29)34(22-32)45-25-30-16-10-6-11-17-30/h5-23,27H,24-26H2,1-4H3. The molecule has 0 aliphatic rings. The van der Waals surface area contributed by atoms with Crippen LogP contribution in [0.5, 0.6) is 34.5 Å². The van der Waals surface area contributed by atoms with Gasteiger partial charge in [-0.1, -0.05) is 91.0 Å². The Bertz CT molecular complexity index is 1820. The maximum absolute atomic E-state index is 13.7. The van der Waals surface area contributed by atoms with Crippen LogP contribution < -0.4 is 28.4 Å². The molecule has 0 amide bonds. The highest BCUT2D eigenvalue weighted by Gasteiger charge is 2.28. The quantitative estimate of drug-likeness (QED) is 0.0635. The summed E-state index contributed by atoms with van der Waals surface area (Å²) in [5.41, 5.74) is 3.09. The molecule has 0 saturated carbocycles. The third-order valence-corrected chi connectivity index (χ3v) is 7.17. The van der Waals surface area contributed by atoms with Crippen LogP contribution in [0.4, 0.5) is 0 Å². The van der Waals surface area contributed by atoms with Crippen molar-refractivity contribution in [3.8, 4) is 34.5 Å². The summed E-state index contributed by atoms with van der Waals surface area (Å²) in [4.78, 5) is 26.8. The van der Waals surface area contributed by atoms with Gasteiger partial charge in [-0.15, -0.1) is 0 Å². The van der Waals surface area contributed by atoms with Crippen molar-refractivity contribution in [1.82, 2.24) is 0 Å². The maximum Gasteiger partial charge on any atom is 0.343 e. The van der Waals surface area contributed by atoms with Gasteiger partial charge in [-0.2, -0.15) is 0 Å². The lowest BCUT2D eigenvalue weighted by atomic mass is 10.1. The first-order chi connectivity index (χ1) is 23.3. The molecule has 0 aromatic heterocycles. The summed E-state index contributed by atoms with van der Waals surface area (Å²) < 4.78 is 36.1. The van der Waals surface area contributed by atoms with Crippen molar-refractivity contribution in [2.24, 2.45) is 0 Å². The van der Waals surface area contributed by atoms with Gasteiger partial charge in [0.15, 0.2) is 28.8 Å². The van der Waals surface area contributed by atoms with E-state index in [4.69, 9.17) is 28.4 Å². The molecule has 0 aliphatic heterocycles. The molecule has 5 aromatic rings. The number of esters is 1. The number of ether oxygens (including phenoxy) is 6. The molecule has 246 valence electrons. The normalized spacial score (nSPS) is 10.7. The van der Waals surface area contributed by atoms with E-state index in [1.54, 1.807) is 18.2 Å². The molecule has 0 N–H and O–H groups in total. The number of rotatable bonds is 15. The van der Waals surface area contributed by atoms with Crippen molar-refractivity contribution < 1.29 is 38.0 Å². The Morgan fingerprint density at radius 3 is 1.56 bits per heavy atom. The van der Waals surface area contributed by atoms with E-state index in [0.717, 1.165) is 16.7 Å². The van der Waals surface area contributed by atoms with Crippen molar-refractivity contribution in [1.29, 1.82) is 0 Å². The molecule has 5 rings (SSSR count). The monoisotopic (exact) mass is 646 g/mol. The Hall–Kier alpha value is -5.76. The third kappa shape index (κ3) is 8.73. The molecule has 8 nitrogen and oxygen atoms in total. The van der Waals surface area contributed by atoms with Crippen LogP contribution in [0.25, 0.3) is 0 Å². The van der Waals surface area contributed by atoms with Gasteiger partial charge in [-0.25, -0.2) is 4.79 Å². The molecule has 48 heavy (non-hydrogen) atoms. The molecule has 0 fully saturated rings. The SMILES string of the molecule is COc1c(OCc2ccccc2)cc(OC(=O)c2ccc(OCc3ccccc3)c(OCc3ccccc3)c2)c(C(C)=O)c1OC(C)C. The minimum Gasteiger partial charge on any atom is -0.490 e. The average molecular weight is 647 g/mol. The number of ketones is 1. The Morgan fingerprint density at radius 2 is 1.08 bits per heavy atom. The first-order valence-electron chi connectivity index (χ1n) is 15.6. The number of Topliss-reactive ketones (excluding diaryl/α,β-unsaturated/α-hetero) is 1.